The molecule has 30 heavy (non-hydrogen) atoms. The zero-order valence-corrected chi connectivity index (χ0v) is 17.6. The average molecular weight is 418 g/mol. The highest BCUT2D eigenvalue weighted by Gasteiger charge is 2.10. The molecular formula is C24H23N3O2S. The van der Waals surface area contributed by atoms with E-state index in [-0.39, 0.29) is 16.9 Å². The molecule has 6 heteroatoms. The number of carbonyl (C=O) groups is 2. The lowest BCUT2D eigenvalue weighted by atomic mass is 10.0. The molecule has 0 aliphatic carbocycles. The molecular weight excluding hydrogens is 394 g/mol. The maximum atomic E-state index is 12.3. The summed E-state index contributed by atoms with van der Waals surface area (Å²) < 4.78 is 0. The third kappa shape index (κ3) is 5.52. The first-order chi connectivity index (χ1) is 14.4. The van der Waals surface area contributed by atoms with Crippen LogP contribution in [0.5, 0.6) is 0 Å². The lowest BCUT2D eigenvalue weighted by molar-refractivity contribution is 0.0934. The highest BCUT2D eigenvalue weighted by atomic mass is 32.1. The topological polar surface area (TPSA) is 70.2 Å². The second-order valence-electron chi connectivity index (χ2n) is 7.08. The first-order valence-electron chi connectivity index (χ1n) is 9.61. The van der Waals surface area contributed by atoms with Crippen molar-refractivity contribution in [2.75, 3.05) is 0 Å². The van der Waals surface area contributed by atoms with Crippen LogP contribution in [-0.2, 0) is 0 Å². The minimum Gasteiger partial charge on any atom is -0.298 e. The molecule has 152 valence electrons. The maximum absolute atomic E-state index is 12.3. The Kier molecular flexibility index (Phi) is 6.93. The third-order valence-corrected chi connectivity index (χ3v) is 4.81. The van der Waals surface area contributed by atoms with Gasteiger partial charge in [-0.05, 0) is 59.1 Å². The normalized spacial score (nSPS) is 10.4. The van der Waals surface area contributed by atoms with Gasteiger partial charge >= 0.3 is 0 Å². The molecule has 0 atom stereocenters. The van der Waals surface area contributed by atoms with Crippen molar-refractivity contribution in [1.82, 2.24) is 16.2 Å². The molecule has 3 rings (SSSR count). The van der Waals surface area contributed by atoms with Gasteiger partial charge in [0.2, 0.25) is 0 Å². The summed E-state index contributed by atoms with van der Waals surface area (Å²) in [6.07, 6.45) is 0. The number of hydrogen-bond acceptors (Lipinski definition) is 3. The Labute approximate surface area is 181 Å². The van der Waals surface area contributed by atoms with Gasteiger partial charge in [-0.3, -0.25) is 25.8 Å². The Morgan fingerprint density at radius 3 is 1.83 bits per heavy atom. The van der Waals surface area contributed by atoms with Gasteiger partial charge in [0.15, 0.2) is 5.11 Å². The molecule has 3 aromatic carbocycles. The number of hydrazine groups is 1. The Bertz CT molecular complexity index is 1030. The van der Waals surface area contributed by atoms with Crippen molar-refractivity contribution in [2.24, 2.45) is 0 Å². The van der Waals surface area contributed by atoms with Crippen LogP contribution in [0.3, 0.4) is 0 Å². The van der Waals surface area contributed by atoms with Crippen LogP contribution < -0.4 is 16.2 Å². The minimum atomic E-state index is -0.354. The molecule has 5 nitrogen and oxygen atoms in total. The highest BCUT2D eigenvalue weighted by Crippen LogP contribution is 2.19. The van der Waals surface area contributed by atoms with Crippen LogP contribution in [0.2, 0.25) is 0 Å². The largest absolute Gasteiger partial charge is 0.298 e. The van der Waals surface area contributed by atoms with Crippen molar-refractivity contribution in [3.8, 4) is 11.1 Å². The Morgan fingerprint density at radius 2 is 1.23 bits per heavy atom. The molecule has 3 aromatic rings. The molecule has 0 aliphatic heterocycles. The van der Waals surface area contributed by atoms with E-state index in [4.69, 9.17) is 12.2 Å². The SMILES string of the molecule is CC(C)c1ccc(C(=O)NC(=S)NNC(=O)c2ccc(-c3ccccc3)cc2)cc1. The van der Waals surface area contributed by atoms with E-state index >= 15 is 0 Å². The van der Waals surface area contributed by atoms with Gasteiger partial charge in [-0.2, -0.15) is 0 Å². The zero-order valence-electron chi connectivity index (χ0n) is 16.8. The van der Waals surface area contributed by atoms with Crippen LogP contribution in [0, 0.1) is 0 Å². The number of nitrogens with one attached hydrogen (secondary N) is 3. The van der Waals surface area contributed by atoms with E-state index in [2.05, 4.69) is 30.0 Å². The zero-order chi connectivity index (χ0) is 21.5. The van der Waals surface area contributed by atoms with Gasteiger partial charge < -0.3 is 0 Å². The predicted molar refractivity (Wildman–Crippen MR) is 123 cm³/mol. The minimum absolute atomic E-state index is 0.0159. The number of hydrogen-bond donors (Lipinski definition) is 3. The summed E-state index contributed by atoms with van der Waals surface area (Å²) in [5.41, 5.74) is 9.26. The molecule has 0 spiro atoms. The molecule has 0 heterocycles. The first-order valence-corrected chi connectivity index (χ1v) is 10.0. The van der Waals surface area contributed by atoms with Crippen LogP contribution in [0.1, 0.15) is 46.0 Å². The van der Waals surface area contributed by atoms with E-state index < -0.39 is 0 Å². The van der Waals surface area contributed by atoms with E-state index in [9.17, 15) is 9.59 Å². The lowest BCUT2D eigenvalue weighted by Crippen LogP contribution is -2.48. The summed E-state index contributed by atoms with van der Waals surface area (Å²) in [6.45, 7) is 4.18. The smallest absolute Gasteiger partial charge is 0.269 e. The fraction of sp³-hybridized carbons (Fsp3) is 0.125. The monoisotopic (exact) mass is 417 g/mol. The third-order valence-electron chi connectivity index (χ3n) is 4.61. The van der Waals surface area contributed by atoms with E-state index in [1.165, 1.54) is 0 Å². The van der Waals surface area contributed by atoms with Gasteiger partial charge in [-0.25, -0.2) is 0 Å². The van der Waals surface area contributed by atoms with E-state index in [0.717, 1.165) is 16.7 Å². The summed E-state index contributed by atoms with van der Waals surface area (Å²) in [5.74, 6) is -0.307. The van der Waals surface area contributed by atoms with E-state index in [0.29, 0.717) is 17.0 Å². The van der Waals surface area contributed by atoms with Crippen LogP contribution in [-0.4, -0.2) is 16.9 Å². The molecule has 0 saturated heterocycles. The number of thiocarbonyl (C=S) groups is 1. The molecule has 0 aromatic heterocycles. The summed E-state index contributed by atoms with van der Waals surface area (Å²) in [5, 5.41) is 2.56. The van der Waals surface area contributed by atoms with Crippen LogP contribution >= 0.6 is 12.2 Å². The highest BCUT2D eigenvalue weighted by molar-refractivity contribution is 7.80. The quantitative estimate of drug-likeness (QED) is 0.434. The maximum Gasteiger partial charge on any atom is 0.269 e. The fourth-order valence-corrected chi connectivity index (χ4v) is 3.00. The van der Waals surface area contributed by atoms with Gasteiger partial charge in [0, 0.05) is 11.1 Å². The van der Waals surface area contributed by atoms with Gasteiger partial charge in [-0.15, -0.1) is 0 Å². The lowest BCUT2D eigenvalue weighted by Gasteiger charge is -2.12. The number of amides is 2. The Hall–Kier alpha value is -3.51. The summed E-state index contributed by atoms with van der Waals surface area (Å²) in [4.78, 5) is 24.6. The van der Waals surface area contributed by atoms with E-state index in [1.807, 2.05) is 54.6 Å². The van der Waals surface area contributed by atoms with Crippen molar-refractivity contribution in [3.63, 3.8) is 0 Å². The van der Waals surface area contributed by atoms with Gasteiger partial charge in [0.05, 0.1) is 0 Å². The molecule has 0 bridgehead atoms. The number of rotatable bonds is 4. The second-order valence-corrected chi connectivity index (χ2v) is 7.49. The van der Waals surface area contributed by atoms with Gasteiger partial charge in [0.1, 0.15) is 0 Å². The molecule has 0 saturated carbocycles. The van der Waals surface area contributed by atoms with Crippen LogP contribution in [0.25, 0.3) is 11.1 Å². The molecule has 0 fully saturated rings. The second kappa shape index (κ2) is 9.80. The number of carbonyl (C=O) groups excluding carboxylic acids is 2. The fourth-order valence-electron chi connectivity index (χ4n) is 2.86. The molecule has 0 unspecified atom stereocenters. The van der Waals surface area contributed by atoms with Crippen LogP contribution in [0.15, 0.2) is 78.9 Å². The molecule has 3 N–H and O–H groups in total. The van der Waals surface area contributed by atoms with Gasteiger partial charge in [-0.1, -0.05) is 68.4 Å². The summed E-state index contributed by atoms with van der Waals surface area (Å²) in [7, 11) is 0. The Balaban J connectivity index is 1.51. The number of benzene rings is 3. The van der Waals surface area contributed by atoms with Crippen LogP contribution in [0.4, 0.5) is 0 Å². The molecule has 0 radical (unpaired) electrons. The van der Waals surface area contributed by atoms with Crippen molar-refractivity contribution >= 4 is 29.1 Å². The average Bonchev–Trinajstić information content (AvgIpc) is 2.78. The van der Waals surface area contributed by atoms with Crippen molar-refractivity contribution < 1.29 is 9.59 Å². The van der Waals surface area contributed by atoms with Crippen molar-refractivity contribution in [2.45, 2.75) is 19.8 Å². The van der Waals surface area contributed by atoms with E-state index in [1.54, 1.807) is 24.3 Å². The van der Waals surface area contributed by atoms with Crippen molar-refractivity contribution in [1.29, 1.82) is 0 Å². The molecule has 0 aliphatic rings. The Morgan fingerprint density at radius 1 is 0.700 bits per heavy atom. The summed E-state index contributed by atoms with van der Waals surface area (Å²) in [6, 6.07) is 24.5. The predicted octanol–water partition coefficient (Wildman–Crippen LogP) is 4.43. The van der Waals surface area contributed by atoms with Crippen molar-refractivity contribution in [3.05, 3.63) is 95.6 Å². The standard InChI is InChI=1S/C24H23N3O2S/c1-16(2)17-8-12-20(13-9-17)22(28)25-24(30)27-26-23(29)21-14-10-19(11-15-21)18-6-4-3-5-7-18/h3-16H,1-2H3,(H,26,29)(H2,25,27,28,30). The summed E-state index contributed by atoms with van der Waals surface area (Å²) >= 11 is 5.09. The molecule has 2 amide bonds. The first kappa shape index (κ1) is 21.2. The van der Waals surface area contributed by atoms with Gasteiger partial charge in [0.25, 0.3) is 11.8 Å².